The number of hydrogen-bond acceptors (Lipinski definition) is 2. The normalized spacial score (nSPS) is 9.13. The first-order chi connectivity index (χ1) is 7.24. The van der Waals surface area contributed by atoms with Crippen LogP contribution in [0.3, 0.4) is 0 Å². The van der Waals surface area contributed by atoms with Crippen molar-refractivity contribution in [2.75, 3.05) is 12.0 Å². The minimum Gasteiger partial charge on any atom is -0.452 e. The molecule has 1 aromatic rings. The summed E-state index contributed by atoms with van der Waals surface area (Å²) in [7, 11) is 1.33. The van der Waals surface area contributed by atoms with Crippen LogP contribution >= 0.6 is 0 Å². The summed E-state index contributed by atoms with van der Waals surface area (Å²) in [5.41, 5.74) is 1.55. The van der Waals surface area contributed by atoms with Gasteiger partial charge in [0.15, 0.2) is 0 Å². The van der Waals surface area contributed by atoms with Crippen LogP contribution in [0.1, 0.15) is 5.56 Å². The summed E-state index contributed by atoms with van der Waals surface area (Å²) in [6.07, 6.45) is 2.61. The molecule has 0 aliphatic heterocycles. The van der Waals surface area contributed by atoms with Gasteiger partial charge in [-0.25, -0.2) is 4.79 Å². The van der Waals surface area contributed by atoms with E-state index >= 15 is 0 Å². The fourth-order valence-corrected chi connectivity index (χ4v) is 1.25. The van der Waals surface area contributed by atoms with Crippen LogP contribution in [0.25, 0.3) is 6.08 Å². The van der Waals surface area contributed by atoms with Gasteiger partial charge in [-0.15, -0.1) is 0 Å². The van der Waals surface area contributed by atoms with E-state index in [2.05, 4.69) is 17.9 Å². The lowest BCUT2D eigenvalue weighted by atomic mass is 10.1. The Kier molecular flexibility index (Phi) is 3.68. The maximum absolute atomic E-state index is 11.4. The molecule has 0 N–H and O–H groups in total. The van der Waals surface area contributed by atoms with Crippen LogP contribution in [0.2, 0.25) is 0 Å². The van der Waals surface area contributed by atoms with Gasteiger partial charge in [0.25, 0.3) is 0 Å². The molecule has 1 amide bonds. The van der Waals surface area contributed by atoms with Crippen molar-refractivity contribution in [1.82, 2.24) is 0 Å². The summed E-state index contributed by atoms with van der Waals surface area (Å²) < 4.78 is 4.64. The second-order valence-electron chi connectivity index (χ2n) is 2.79. The van der Waals surface area contributed by atoms with E-state index in [4.69, 9.17) is 0 Å². The van der Waals surface area contributed by atoms with Gasteiger partial charge >= 0.3 is 6.09 Å². The molecule has 0 bridgehead atoms. The van der Waals surface area contributed by atoms with Crippen LogP contribution in [-0.4, -0.2) is 13.2 Å². The molecule has 0 radical (unpaired) electrons. The molecular formula is C12H13NO2. The largest absolute Gasteiger partial charge is 0.452 e. The highest BCUT2D eigenvalue weighted by Crippen LogP contribution is 2.22. The first-order valence-electron chi connectivity index (χ1n) is 4.45. The standard InChI is InChI=1S/C12H13NO2/c1-4-10-8-6-7-9-11(10)13(5-2)12(14)15-3/h4-9H,1-2H2,3H3. The average molecular weight is 203 g/mol. The van der Waals surface area contributed by atoms with Crippen molar-refractivity contribution in [2.45, 2.75) is 0 Å². The van der Waals surface area contributed by atoms with Crippen molar-refractivity contribution in [2.24, 2.45) is 0 Å². The van der Waals surface area contributed by atoms with Gasteiger partial charge in [0, 0.05) is 6.20 Å². The maximum atomic E-state index is 11.4. The van der Waals surface area contributed by atoms with Crippen LogP contribution in [0.4, 0.5) is 10.5 Å². The van der Waals surface area contributed by atoms with Gasteiger partial charge in [0.2, 0.25) is 0 Å². The second kappa shape index (κ2) is 5.00. The molecule has 1 aromatic carbocycles. The predicted octanol–water partition coefficient (Wildman–Crippen LogP) is 3.05. The van der Waals surface area contributed by atoms with Gasteiger partial charge in [-0.3, -0.25) is 4.90 Å². The van der Waals surface area contributed by atoms with E-state index in [1.807, 2.05) is 18.2 Å². The fraction of sp³-hybridized carbons (Fsp3) is 0.0833. The Morgan fingerprint density at radius 3 is 2.60 bits per heavy atom. The number of anilines is 1. The molecule has 3 heteroatoms. The SMILES string of the molecule is C=Cc1ccccc1N(C=C)C(=O)OC. The van der Waals surface area contributed by atoms with Crippen LogP contribution in [0, 0.1) is 0 Å². The van der Waals surface area contributed by atoms with Crippen molar-refractivity contribution in [3.8, 4) is 0 Å². The molecule has 0 heterocycles. The first kappa shape index (κ1) is 11.0. The smallest absolute Gasteiger partial charge is 0.418 e. The lowest BCUT2D eigenvalue weighted by Gasteiger charge is -2.18. The summed E-state index contributed by atoms with van der Waals surface area (Å²) >= 11 is 0. The van der Waals surface area contributed by atoms with Crippen molar-refractivity contribution >= 4 is 17.9 Å². The molecule has 0 aliphatic carbocycles. The lowest BCUT2D eigenvalue weighted by molar-refractivity contribution is 0.181. The van der Waals surface area contributed by atoms with Crippen molar-refractivity contribution in [3.05, 3.63) is 49.2 Å². The molecule has 0 fully saturated rings. The van der Waals surface area contributed by atoms with E-state index < -0.39 is 6.09 Å². The Morgan fingerprint density at radius 2 is 2.07 bits per heavy atom. The summed E-state index contributed by atoms with van der Waals surface area (Å²) in [5, 5.41) is 0. The van der Waals surface area contributed by atoms with Gasteiger partial charge in [-0.05, 0) is 11.6 Å². The zero-order chi connectivity index (χ0) is 11.3. The van der Waals surface area contributed by atoms with Crippen LogP contribution in [0.5, 0.6) is 0 Å². The highest BCUT2D eigenvalue weighted by molar-refractivity contribution is 5.92. The molecule has 0 unspecified atom stereocenters. The molecular weight excluding hydrogens is 190 g/mol. The first-order valence-corrected chi connectivity index (χ1v) is 4.45. The number of methoxy groups -OCH3 is 1. The quantitative estimate of drug-likeness (QED) is 0.755. The number of nitrogens with zero attached hydrogens (tertiary/aromatic N) is 1. The monoisotopic (exact) mass is 203 g/mol. The van der Waals surface area contributed by atoms with Gasteiger partial charge in [-0.2, -0.15) is 0 Å². The maximum Gasteiger partial charge on any atom is 0.418 e. The van der Waals surface area contributed by atoms with Gasteiger partial charge in [-0.1, -0.05) is 37.4 Å². The molecule has 78 valence electrons. The molecule has 0 aliphatic rings. The number of benzene rings is 1. The summed E-state index contributed by atoms with van der Waals surface area (Å²) in [6, 6.07) is 7.37. The van der Waals surface area contributed by atoms with Gasteiger partial charge in [0.1, 0.15) is 0 Å². The summed E-state index contributed by atoms with van der Waals surface area (Å²) in [6.45, 7) is 7.25. The molecule has 15 heavy (non-hydrogen) atoms. The summed E-state index contributed by atoms with van der Waals surface area (Å²) in [4.78, 5) is 12.7. The zero-order valence-corrected chi connectivity index (χ0v) is 8.64. The number of rotatable bonds is 3. The Bertz CT molecular complexity index is 385. The van der Waals surface area contributed by atoms with E-state index in [0.29, 0.717) is 5.69 Å². The van der Waals surface area contributed by atoms with E-state index in [-0.39, 0.29) is 0 Å². The molecule has 0 saturated carbocycles. The van der Waals surface area contributed by atoms with E-state index in [0.717, 1.165) is 5.56 Å². The Hall–Kier alpha value is -2.03. The third-order valence-electron chi connectivity index (χ3n) is 1.97. The van der Waals surface area contributed by atoms with Crippen molar-refractivity contribution in [3.63, 3.8) is 0 Å². The van der Waals surface area contributed by atoms with Crippen LogP contribution < -0.4 is 4.90 Å². The number of para-hydroxylation sites is 1. The number of ether oxygens (including phenoxy) is 1. The van der Waals surface area contributed by atoms with Gasteiger partial charge in [0.05, 0.1) is 12.8 Å². The fourth-order valence-electron chi connectivity index (χ4n) is 1.25. The topological polar surface area (TPSA) is 29.5 Å². The Morgan fingerprint density at radius 1 is 1.40 bits per heavy atom. The number of hydrogen-bond donors (Lipinski definition) is 0. The minimum absolute atomic E-state index is 0.473. The molecule has 0 aromatic heterocycles. The zero-order valence-electron chi connectivity index (χ0n) is 8.64. The molecule has 0 atom stereocenters. The van der Waals surface area contributed by atoms with Crippen molar-refractivity contribution in [1.29, 1.82) is 0 Å². The van der Waals surface area contributed by atoms with Gasteiger partial charge < -0.3 is 4.74 Å². The van der Waals surface area contributed by atoms with E-state index in [1.54, 1.807) is 12.1 Å². The Labute approximate surface area is 89.3 Å². The minimum atomic E-state index is -0.473. The van der Waals surface area contributed by atoms with Crippen LogP contribution in [0.15, 0.2) is 43.6 Å². The molecule has 0 saturated heterocycles. The molecule has 3 nitrogen and oxygen atoms in total. The number of amides is 1. The predicted molar refractivity (Wildman–Crippen MR) is 61.6 cm³/mol. The van der Waals surface area contributed by atoms with Crippen molar-refractivity contribution < 1.29 is 9.53 Å². The highest BCUT2D eigenvalue weighted by atomic mass is 16.5. The number of carbonyl (C=O) groups excluding carboxylic acids is 1. The van der Waals surface area contributed by atoms with E-state index in [1.165, 1.54) is 18.2 Å². The van der Waals surface area contributed by atoms with Crippen LogP contribution in [-0.2, 0) is 4.74 Å². The molecule has 1 rings (SSSR count). The molecule has 0 spiro atoms. The summed E-state index contributed by atoms with van der Waals surface area (Å²) in [5.74, 6) is 0. The lowest BCUT2D eigenvalue weighted by Crippen LogP contribution is -2.25. The van der Waals surface area contributed by atoms with E-state index in [9.17, 15) is 4.79 Å². The average Bonchev–Trinajstić information content (AvgIpc) is 2.30. The third-order valence-corrected chi connectivity index (χ3v) is 1.97. The third kappa shape index (κ3) is 2.26. The number of carbonyl (C=O) groups is 1. The second-order valence-corrected chi connectivity index (χ2v) is 2.79. The Balaban J connectivity index is 3.16. The highest BCUT2D eigenvalue weighted by Gasteiger charge is 2.14.